The van der Waals surface area contributed by atoms with E-state index in [0.29, 0.717) is 0 Å². The first-order chi connectivity index (χ1) is 10.2. The lowest BCUT2D eigenvalue weighted by atomic mass is 9.66. The van der Waals surface area contributed by atoms with E-state index in [9.17, 15) is 9.59 Å². The Labute approximate surface area is 130 Å². The Kier molecular flexibility index (Phi) is 2.97. The summed E-state index contributed by atoms with van der Waals surface area (Å²) in [6.07, 6.45) is 0.323. The summed E-state index contributed by atoms with van der Waals surface area (Å²) < 4.78 is 11.5. The molecule has 22 heavy (non-hydrogen) atoms. The molecule has 2 saturated heterocycles. The van der Waals surface area contributed by atoms with Gasteiger partial charge in [0.1, 0.15) is 10.8 Å². The SMILES string of the molecule is CCc1ccc([C@@]23OC(=O)C(C)(C)[C@@H]2OC(=O)C3(C)C)cc1. The zero-order valence-electron chi connectivity index (χ0n) is 13.7. The molecule has 1 aromatic carbocycles. The van der Waals surface area contributed by atoms with E-state index in [1.54, 1.807) is 27.7 Å². The van der Waals surface area contributed by atoms with Crippen LogP contribution in [0.5, 0.6) is 0 Å². The lowest BCUT2D eigenvalue weighted by Crippen LogP contribution is -2.47. The molecule has 2 aliphatic rings. The first-order valence-corrected chi connectivity index (χ1v) is 7.72. The van der Waals surface area contributed by atoms with Crippen LogP contribution in [0, 0.1) is 10.8 Å². The normalized spacial score (nSPS) is 31.6. The van der Waals surface area contributed by atoms with Crippen molar-refractivity contribution in [2.45, 2.75) is 52.7 Å². The molecule has 0 aromatic heterocycles. The minimum atomic E-state index is -1.06. The highest BCUT2D eigenvalue weighted by Crippen LogP contribution is 2.61. The van der Waals surface area contributed by atoms with E-state index in [1.165, 1.54) is 5.56 Å². The molecule has 0 bridgehead atoms. The number of aryl methyl sites for hydroxylation is 1. The van der Waals surface area contributed by atoms with Crippen LogP contribution in [0.25, 0.3) is 0 Å². The number of carbonyl (C=O) groups is 2. The van der Waals surface area contributed by atoms with Crippen molar-refractivity contribution in [3.05, 3.63) is 35.4 Å². The Morgan fingerprint density at radius 2 is 1.59 bits per heavy atom. The molecule has 3 rings (SSSR count). The first kappa shape index (κ1) is 15.1. The molecule has 0 unspecified atom stereocenters. The second kappa shape index (κ2) is 4.34. The number of fused-ring (bicyclic) bond motifs is 1. The molecule has 0 N–H and O–H groups in total. The van der Waals surface area contributed by atoms with Crippen molar-refractivity contribution < 1.29 is 19.1 Å². The van der Waals surface area contributed by atoms with E-state index in [0.717, 1.165) is 12.0 Å². The van der Waals surface area contributed by atoms with Crippen molar-refractivity contribution in [3.63, 3.8) is 0 Å². The zero-order valence-corrected chi connectivity index (χ0v) is 13.7. The van der Waals surface area contributed by atoms with Crippen LogP contribution >= 0.6 is 0 Å². The Morgan fingerprint density at radius 3 is 2.14 bits per heavy atom. The van der Waals surface area contributed by atoms with Crippen molar-refractivity contribution in [2.24, 2.45) is 10.8 Å². The molecule has 0 saturated carbocycles. The minimum absolute atomic E-state index is 0.322. The lowest BCUT2D eigenvalue weighted by molar-refractivity contribution is -0.166. The maximum Gasteiger partial charge on any atom is 0.316 e. The van der Waals surface area contributed by atoms with Crippen molar-refractivity contribution >= 4 is 11.9 Å². The summed E-state index contributed by atoms with van der Waals surface area (Å²) in [6, 6.07) is 7.92. The highest BCUT2D eigenvalue weighted by atomic mass is 16.6. The third-order valence-electron chi connectivity index (χ3n) is 5.26. The van der Waals surface area contributed by atoms with Gasteiger partial charge in [-0.25, -0.2) is 0 Å². The van der Waals surface area contributed by atoms with Gasteiger partial charge in [-0.05, 0) is 39.7 Å². The molecule has 0 radical (unpaired) electrons. The summed E-state index contributed by atoms with van der Waals surface area (Å²) in [7, 11) is 0. The molecule has 2 heterocycles. The number of ether oxygens (including phenoxy) is 2. The summed E-state index contributed by atoms with van der Waals surface area (Å²) >= 11 is 0. The smallest absolute Gasteiger partial charge is 0.316 e. The van der Waals surface area contributed by atoms with Crippen molar-refractivity contribution in [1.29, 1.82) is 0 Å². The van der Waals surface area contributed by atoms with E-state index in [1.807, 2.05) is 24.3 Å². The molecule has 4 nitrogen and oxygen atoms in total. The number of hydrogen-bond donors (Lipinski definition) is 0. The second-order valence-corrected chi connectivity index (χ2v) is 7.31. The van der Waals surface area contributed by atoms with E-state index in [4.69, 9.17) is 9.47 Å². The lowest BCUT2D eigenvalue weighted by Gasteiger charge is -2.36. The molecule has 0 aliphatic carbocycles. The Balaban J connectivity index is 2.21. The van der Waals surface area contributed by atoms with Gasteiger partial charge in [-0.3, -0.25) is 9.59 Å². The van der Waals surface area contributed by atoms with Crippen LogP contribution in [0.15, 0.2) is 24.3 Å². The molecule has 4 heteroatoms. The number of benzene rings is 1. The van der Waals surface area contributed by atoms with Gasteiger partial charge < -0.3 is 9.47 Å². The maximum atomic E-state index is 12.4. The number of hydrogen-bond acceptors (Lipinski definition) is 4. The zero-order chi connectivity index (χ0) is 16.3. The third kappa shape index (κ3) is 1.58. The Hall–Kier alpha value is -1.84. The Bertz CT molecular complexity index is 640. The molecule has 2 fully saturated rings. The fraction of sp³-hybridized carbons (Fsp3) is 0.556. The molecule has 2 atom stereocenters. The van der Waals surface area contributed by atoms with E-state index >= 15 is 0 Å². The molecule has 2 aliphatic heterocycles. The largest absolute Gasteiger partial charge is 0.456 e. The highest BCUT2D eigenvalue weighted by Gasteiger charge is 2.75. The average Bonchev–Trinajstić information content (AvgIpc) is 2.81. The quantitative estimate of drug-likeness (QED) is 0.788. The van der Waals surface area contributed by atoms with Gasteiger partial charge in [0.05, 0.1) is 0 Å². The minimum Gasteiger partial charge on any atom is -0.456 e. The third-order valence-corrected chi connectivity index (χ3v) is 5.26. The fourth-order valence-corrected chi connectivity index (χ4v) is 3.60. The van der Waals surface area contributed by atoms with Crippen LogP contribution in [-0.4, -0.2) is 18.0 Å². The van der Waals surface area contributed by atoms with Crippen LogP contribution in [0.4, 0.5) is 0 Å². The highest BCUT2D eigenvalue weighted by molar-refractivity contribution is 5.89. The van der Waals surface area contributed by atoms with Gasteiger partial charge in [0.25, 0.3) is 0 Å². The Morgan fingerprint density at radius 1 is 1.00 bits per heavy atom. The topological polar surface area (TPSA) is 52.6 Å². The van der Waals surface area contributed by atoms with E-state index < -0.39 is 22.5 Å². The molecular formula is C18H22O4. The van der Waals surface area contributed by atoms with Crippen molar-refractivity contribution in [2.75, 3.05) is 0 Å². The van der Waals surface area contributed by atoms with E-state index in [2.05, 4.69) is 6.92 Å². The fourth-order valence-electron chi connectivity index (χ4n) is 3.60. The molecule has 0 spiro atoms. The summed E-state index contributed by atoms with van der Waals surface area (Å²) in [5.41, 5.74) is -0.814. The summed E-state index contributed by atoms with van der Waals surface area (Å²) in [5.74, 6) is -0.643. The molecular weight excluding hydrogens is 280 g/mol. The number of rotatable bonds is 2. The average molecular weight is 302 g/mol. The van der Waals surface area contributed by atoms with Gasteiger partial charge in [0, 0.05) is 5.56 Å². The molecule has 0 amide bonds. The summed E-state index contributed by atoms with van der Waals surface area (Å²) in [5, 5.41) is 0. The number of esters is 2. The predicted octanol–water partition coefficient (Wildman–Crippen LogP) is 2.98. The van der Waals surface area contributed by atoms with Gasteiger partial charge >= 0.3 is 11.9 Å². The van der Waals surface area contributed by atoms with Gasteiger partial charge in [-0.2, -0.15) is 0 Å². The van der Waals surface area contributed by atoms with Crippen LogP contribution < -0.4 is 0 Å². The summed E-state index contributed by atoms with van der Waals surface area (Å²) in [4.78, 5) is 24.8. The van der Waals surface area contributed by atoms with Crippen LogP contribution in [-0.2, 0) is 31.1 Å². The van der Waals surface area contributed by atoms with Crippen molar-refractivity contribution in [3.8, 4) is 0 Å². The monoisotopic (exact) mass is 302 g/mol. The second-order valence-electron chi connectivity index (χ2n) is 7.31. The number of carbonyl (C=O) groups excluding carboxylic acids is 2. The molecule has 118 valence electrons. The van der Waals surface area contributed by atoms with Gasteiger partial charge in [0.2, 0.25) is 0 Å². The first-order valence-electron chi connectivity index (χ1n) is 7.72. The predicted molar refractivity (Wildman–Crippen MR) is 81.0 cm³/mol. The standard InChI is InChI=1S/C18H22O4/c1-6-11-7-9-12(10-8-11)18-13(16(2,3)14(19)22-18)21-15(20)17(18,4)5/h7-10,13H,6H2,1-5H3/t13-,18+/m0/s1. The van der Waals surface area contributed by atoms with Crippen LogP contribution in [0.2, 0.25) is 0 Å². The molecule has 1 aromatic rings. The van der Waals surface area contributed by atoms with E-state index in [-0.39, 0.29) is 11.9 Å². The van der Waals surface area contributed by atoms with Gasteiger partial charge in [-0.15, -0.1) is 0 Å². The van der Waals surface area contributed by atoms with Crippen LogP contribution in [0.3, 0.4) is 0 Å². The van der Waals surface area contributed by atoms with Gasteiger partial charge in [0.15, 0.2) is 11.7 Å². The van der Waals surface area contributed by atoms with Gasteiger partial charge in [-0.1, -0.05) is 31.2 Å². The summed E-state index contributed by atoms with van der Waals surface area (Å²) in [6.45, 7) is 9.21. The maximum absolute atomic E-state index is 12.4. The van der Waals surface area contributed by atoms with Crippen molar-refractivity contribution in [1.82, 2.24) is 0 Å². The van der Waals surface area contributed by atoms with Crippen LogP contribution in [0.1, 0.15) is 45.7 Å².